The van der Waals surface area contributed by atoms with E-state index in [4.69, 9.17) is 0 Å². The van der Waals surface area contributed by atoms with E-state index in [-0.39, 0.29) is 5.97 Å². The molecule has 0 amide bonds. The zero-order valence-electron chi connectivity index (χ0n) is 7.00. The summed E-state index contributed by atoms with van der Waals surface area (Å²) in [7, 11) is 0. The molecule has 0 bridgehead atoms. The summed E-state index contributed by atoms with van der Waals surface area (Å²) in [6.45, 7) is 3.64. The van der Waals surface area contributed by atoms with Crippen LogP contribution in [0.25, 0.3) is 0 Å². The van der Waals surface area contributed by atoms with Gasteiger partial charge in [0.15, 0.2) is 23.0 Å². The van der Waals surface area contributed by atoms with Crippen molar-refractivity contribution in [1.29, 1.82) is 0 Å². The lowest BCUT2D eigenvalue weighted by Gasteiger charge is -2.01. The first-order chi connectivity index (χ1) is 6.24. The van der Waals surface area contributed by atoms with Crippen LogP contribution >= 0.6 is 23.0 Å². The number of carbonyl (C=O) groups excluding carboxylic acids is 1. The van der Waals surface area contributed by atoms with Crippen molar-refractivity contribution in [3.05, 3.63) is 48.0 Å². The fraction of sp³-hybridized carbons (Fsp3) is 0.100. The number of hydrogen-bond donors (Lipinski definition) is 0. The van der Waals surface area contributed by atoms with E-state index in [1.165, 1.54) is 0 Å². The molecule has 0 saturated carbocycles. The SMILES string of the molecule is C=C(Cc1ccccc1)C(=O)OI. The van der Waals surface area contributed by atoms with Crippen LogP contribution in [-0.2, 0) is 14.3 Å². The highest BCUT2D eigenvalue weighted by molar-refractivity contribution is 14.1. The molecule has 2 nitrogen and oxygen atoms in total. The zero-order chi connectivity index (χ0) is 9.68. The molecule has 0 aromatic heterocycles. The topological polar surface area (TPSA) is 26.3 Å². The standard InChI is InChI=1S/C10H9IO2/c1-8(10(12)13-11)7-9-5-3-2-4-6-9/h2-6H,1,7H2. The molecule has 1 aromatic rings. The largest absolute Gasteiger partial charge is 0.391 e. The smallest absolute Gasteiger partial charge is 0.343 e. The summed E-state index contributed by atoms with van der Waals surface area (Å²) in [5.41, 5.74) is 1.54. The van der Waals surface area contributed by atoms with Gasteiger partial charge >= 0.3 is 5.97 Å². The fourth-order valence-corrected chi connectivity index (χ4v) is 1.28. The summed E-state index contributed by atoms with van der Waals surface area (Å²) in [6, 6.07) is 9.69. The molecule has 0 aliphatic heterocycles. The Morgan fingerprint density at radius 2 is 2.00 bits per heavy atom. The van der Waals surface area contributed by atoms with E-state index in [0.29, 0.717) is 12.0 Å². The second-order valence-electron chi connectivity index (χ2n) is 2.63. The van der Waals surface area contributed by atoms with Crippen LogP contribution in [0.1, 0.15) is 5.56 Å². The number of hydrogen-bond acceptors (Lipinski definition) is 2. The van der Waals surface area contributed by atoms with Crippen molar-refractivity contribution < 1.29 is 7.86 Å². The van der Waals surface area contributed by atoms with Crippen LogP contribution in [0.4, 0.5) is 0 Å². The Morgan fingerprint density at radius 3 is 2.54 bits per heavy atom. The van der Waals surface area contributed by atoms with Crippen molar-refractivity contribution in [1.82, 2.24) is 0 Å². The highest BCUT2D eigenvalue weighted by atomic mass is 127. The van der Waals surface area contributed by atoms with Gasteiger partial charge in [0.25, 0.3) is 0 Å². The Balaban J connectivity index is 2.60. The summed E-state index contributed by atoms with van der Waals surface area (Å²) in [4.78, 5) is 11.0. The van der Waals surface area contributed by atoms with Crippen LogP contribution in [0.3, 0.4) is 0 Å². The highest BCUT2D eigenvalue weighted by Crippen LogP contribution is 2.08. The Bertz CT molecular complexity index is 306. The Labute approximate surface area is 91.3 Å². The van der Waals surface area contributed by atoms with E-state index in [0.717, 1.165) is 5.56 Å². The minimum atomic E-state index is -0.357. The van der Waals surface area contributed by atoms with Crippen LogP contribution in [0.15, 0.2) is 42.5 Å². The molecule has 0 heterocycles. The van der Waals surface area contributed by atoms with E-state index < -0.39 is 0 Å². The van der Waals surface area contributed by atoms with Gasteiger partial charge in [-0.1, -0.05) is 36.9 Å². The van der Waals surface area contributed by atoms with Gasteiger partial charge in [0.05, 0.1) is 0 Å². The molecule has 0 fully saturated rings. The van der Waals surface area contributed by atoms with Gasteiger partial charge in [-0.3, -0.25) is 0 Å². The van der Waals surface area contributed by atoms with Crippen molar-refractivity contribution in [2.75, 3.05) is 0 Å². The van der Waals surface area contributed by atoms with Gasteiger partial charge in [-0.05, 0) is 5.56 Å². The van der Waals surface area contributed by atoms with Crippen molar-refractivity contribution in [2.45, 2.75) is 6.42 Å². The third-order valence-electron chi connectivity index (χ3n) is 1.62. The van der Waals surface area contributed by atoms with Crippen molar-refractivity contribution >= 4 is 29.0 Å². The molecule has 3 heteroatoms. The molecule has 0 aliphatic rings. The molecule has 68 valence electrons. The normalized spacial score (nSPS) is 9.31. The molecule has 0 saturated heterocycles. The molecule has 0 unspecified atom stereocenters. The van der Waals surface area contributed by atoms with Crippen LogP contribution in [0.2, 0.25) is 0 Å². The van der Waals surface area contributed by atoms with Gasteiger partial charge in [-0.15, -0.1) is 0 Å². The Kier molecular flexibility index (Phi) is 3.95. The van der Waals surface area contributed by atoms with Crippen LogP contribution in [0, 0.1) is 0 Å². The lowest BCUT2D eigenvalue weighted by atomic mass is 10.1. The van der Waals surface area contributed by atoms with Crippen LogP contribution in [-0.4, -0.2) is 5.97 Å². The lowest BCUT2D eigenvalue weighted by molar-refractivity contribution is -0.127. The van der Waals surface area contributed by atoms with E-state index >= 15 is 0 Å². The molecule has 0 spiro atoms. The zero-order valence-corrected chi connectivity index (χ0v) is 9.15. The average molecular weight is 288 g/mol. The van der Waals surface area contributed by atoms with Crippen molar-refractivity contribution in [2.24, 2.45) is 0 Å². The van der Waals surface area contributed by atoms with Gasteiger partial charge in [0.1, 0.15) is 0 Å². The molecule has 0 aliphatic carbocycles. The third kappa shape index (κ3) is 3.18. The maximum absolute atomic E-state index is 11.0. The van der Waals surface area contributed by atoms with E-state index in [2.05, 4.69) is 9.65 Å². The molecule has 1 aromatic carbocycles. The maximum atomic E-state index is 11.0. The lowest BCUT2D eigenvalue weighted by Crippen LogP contribution is -2.03. The first kappa shape index (κ1) is 10.2. The summed E-state index contributed by atoms with van der Waals surface area (Å²) in [5, 5.41) is 0. The van der Waals surface area contributed by atoms with Crippen molar-refractivity contribution in [3.63, 3.8) is 0 Å². The monoisotopic (exact) mass is 288 g/mol. The Hall–Kier alpha value is -0.840. The van der Waals surface area contributed by atoms with E-state index in [9.17, 15) is 4.79 Å². The number of carbonyl (C=O) groups is 1. The second-order valence-corrected chi connectivity index (χ2v) is 3.07. The average Bonchev–Trinajstić information content (AvgIpc) is 2.18. The fourth-order valence-electron chi connectivity index (χ4n) is 0.969. The molecule has 0 atom stereocenters. The predicted octanol–water partition coefficient (Wildman–Crippen LogP) is 2.68. The number of halogens is 1. The number of rotatable bonds is 3. The molecule has 1 rings (SSSR count). The second kappa shape index (κ2) is 5.01. The van der Waals surface area contributed by atoms with Gasteiger partial charge in [0.2, 0.25) is 0 Å². The van der Waals surface area contributed by atoms with Crippen LogP contribution < -0.4 is 0 Å². The third-order valence-corrected chi connectivity index (χ3v) is 2.02. The molecular weight excluding hydrogens is 279 g/mol. The van der Waals surface area contributed by atoms with Gasteiger partial charge in [-0.25, -0.2) is 4.79 Å². The number of benzene rings is 1. The summed E-state index contributed by atoms with van der Waals surface area (Å²) >= 11 is 1.56. The molecular formula is C10H9IO2. The maximum Gasteiger partial charge on any atom is 0.343 e. The Morgan fingerprint density at radius 1 is 1.38 bits per heavy atom. The molecule has 0 N–H and O–H groups in total. The minimum Gasteiger partial charge on any atom is -0.391 e. The van der Waals surface area contributed by atoms with Gasteiger partial charge in [0, 0.05) is 12.0 Å². The summed E-state index contributed by atoms with van der Waals surface area (Å²) in [6.07, 6.45) is 0.544. The van der Waals surface area contributed by atoms with Crippen LogP contribution in [0.5, 0.6) is 0 Å². The highest BCUT2D eigenvalue weighted by Gasteiger charge is 2.07. The van der Waals surface area contributed by atoms with Gasteiger partial charge < -0.3 is 3.07 Å². The van der Waals surface area contributed by atoms with E-state index in [1.54, 1.807) is 23.0 Å². The summed E-state index contributed by atoms with van der Waals surface area (Å²) in [5.74, 6) is -0.357. The molecule has 13 heavy (non-hydrogen) atoms. The van der Waals surface area contributed by atoms with Gasteiger partial charge in [-0.2, -0.15) is 0 Å². The molecule has 0 radical (unpaired) electrons. The quantitative estimate of drug-likeness (QED) is 0.631. The van der Waals surface area contributed by atoms with E-state index in [1.807, 2.05) is 30.3 Å². The first-order valence-corrected chi connectivity index (χ1v) is 4.66. The predicted molar refractivity (Wildman–Crippen MR) is 59.4 cm³/mol. The van der Waals surface area contributed by atoms with Crippen molar-refractivity contribution in [3.8, 4) is 0 Å². The minimum absolute atomic E-state index is 0.357. The first-order valence-electron chi connectivity index (χ1n) is 3.78. The summed E-state index contributed by atoms with van der Waals surface area (Å²) < 4.78 is 4.52.